The lowest BCUT2D eigenvalue weighted by atomic mass is 9.85. The Morgan fingerprint density at radius 1 is 1.32 bits per heavy atom. The molecule has 0 aromatic carbocycles. The van der Waals surface area contributed by atoms with Gasteiger partial charge in [0.15, 0.2) is 0 Å². The van der Waals surface area contributed by atoms with Crippen LogP contribution in [0.15, 0.2) is 11.0 Å². The highest BCUT2D eigenvalue weighted by atomic mass is 35.5. The summed E-state index contributed by atoms with van der Waals surface area (Å²) in [7, 11) is 0. The van der Waals surface area contributed by atoms with Gasteiger partial charge < -0.3 is 5.32 Å². The number of halogens is 1. The van der Waals surface area contributed by atoms with E-state index in [0.29, 0.717) is 16.6 Å². The van der Waals surface area contributed by atoms with Crippen LogP contribution in [-0.4, -0.2) is 16.3 Å². The van der Waals surface area contributed by atoms with Crippen molar-refractivity contribution >= 4 is 17.3 Å². The van der Waals surface area contributed by atoms with Crippen molar-refractivity contribution in [3.8, 4) is 0 Å². The Balaban J connectivity index is 1.68. The Morgan fingerprint density at radius 3 is 2.74 bits per heavy atom. The molecule has 2 aliphatic rings. The molecule has 5 heteroatoms. The fourth-order valence-corrected chi connectivity index (χ4v) is 2.68. The van der Waals surface area contributed by atoms with E-state index in [1.807, 2.05) is 0 Å². The summed E-state index contributed by atoms with van der Waals surface area (Å²) in [5.74, 6) is 1.47. The average molecular weight is 282 g/mol. The van der Waals surface area contributed by atoms with Gasteiger partial charge in [-0.2, -0.15) is 5.10 Å². The highest BCUT2D eigenvalue weighted by Crippen LogP contribution is 2.32. The zero-order valence-electron chi connectivity index (χ0n) is 11.1. The molecule has 0 atom stereocenters. The Morgan fingerprint density at radius 2 is 2.11 bits per heavy atom. The topological polar surface area (TPSA) is 46.9 Å². The van der Waals surface area contributed by atoms with Crippen LogP contribution in [0, 0.1) is 11.8 Å². The molecule has 0 aliphatic heterocycles. The molecular formula is C14H20ClN3O. The van der Waals surface area contributed by atoms with Crippen molar-refractivity contribution in [2.24, 2.45) is 11.8 Å². The molecule has 0 radical (unpaired) electrons. The van der Waals surface area contributed by atoms with Crippen LogP contribution in [0.25, 0.3) is 0 Å². The standard InChI is InChI=1S/C14H20ClN3O/c15-12-8-17-18(9-11-2-1-3-11)14(19)13(12)16-7-6-10-4-5-10/h8,10-11,16H,1-7,9H2. The Labute approximate surface area is 118 Å². The summed E-state index contributed by atoms with van der Waals surface area (Å²) in [6, 6.07) is 0. The van der Waals surface area contributed by atoms with E-state index in [-0.39, 0.29) is 5.56 Å². The van der Waals surface area contributed by atoms with Gasteiger partial charge in [0.25, 0.3) is 5.56 Å². The lowest BCUT2D eigenvalue weighted by Gasteiger charge is -2.25. The lowest BCUT2D eigenvalue weighted by Crippen LogP contribution is -2.31. The van der Waals surface area contributed by atoms with E-state index in [1.54, 1.807) is 10.9 Å². The van der Waals surface area contributed by atoms with Crippen LogP contribution in [0.4, 0.5) is 5.69 Å². The molecule has 2 aliphatic carbocycles. The Hall–Kier alpha value is -1.03. The molecule has 19 heavy (non-hydrogen) atoms. The summed E-state index contributed by atoms with van der Waals surface area (Å²) >= 11 is 6.08. The first-order valence-electron chi connectivity index (χ1n) is 7.23. The molecule has 1 N–H and O–H groups in total. The van der Waals surface area contributed by atoms with Crippen molar-refractivity contribution in [3.05, 3.63) is 21.6 Å². The van der Waals surface area contributed by atoms with Gasteiger partial charge in [-0.05, 0) is 31.1 Å². The molecule has 1 heterocycles. The van der Waals surface area contributed by atoms with E-state index in [0.717, 1.165) is 25.4 Å². The molecule has 104 valence electrons. The average Bonchev–Trinajstić information content (AvgIpc) is 3.14. The molecule has 3 rings (SSSR count). The van der Waals surface area contributed by atoms with Crippen LogP contribution in [-0.2, 0) is 6.54 Å². The molecule has 0 bridgehead atoms. The van der Waals surface area contributed by atoms with Gasteiger partial charge >= 0.3 is 0 Å². The van der Waals surface area contributed by atoms with E-state index in [2.05, 4.69) is 10.4 Å². The molecule has 0 amide bonds. The SMILES string of the molecule is O=c1c(NCCC2CC2)c(Cl)cnn1CC1CCC1. The molecule has 1 aromatic heterocycles. The minimum Gasteiger partial charge on any atom is -0.379 e. The molecule has 0 spiro atoms. The van der Waals surface area contributed by atoms with E-state index in [1.165, 1.54) is 32.1 Å². The van der Waals surface area contributed by atoms with Gasteiger partial charge in [-0.25, -0.2) is 4.68 Å². The normalized spacial score (nSPS) is 19.2. The first-order chi connectivity index (χ1) is 9.24. The highest BCUT2D eigenvalue weighted by molar-refractivity contribution is 6.32. The van der Waals surface area contributed by atoms with Gasteiger partial charge in [-0.3, -0.25) is 4.79 Å². The Kier molecular flexibility index (Phi) is 3.78. The van der Waals surface area contributed by atoms with Crippen LogP contribution in [0.5, 0.6) is 0 Å². The number of hydrogen-bond acceptors (Lipinski definition) is 3. The molecule has 4 nitrogen and oxygen atoms in total. The second-order valence-electron chi connectivity index (χ2n) is 5.81. The summed E-state index contributed by atoms with van der Waals surface area (Å²) in [6.07, 6.45) is 9.07. The summed E-state index contributed by atoms with van der Waals surface area (Å²) in [5, 5.41) is 7.78. The molecule has 0 saturated heterocycles. The van der Waals surface area contributed by atoms with Crippen molar-refractivity contribution in [1.29, 1.82) is 0 Å². The first kappa shape index (κ1) is 13.0. The fourth-order valence-electron chi connectivity index (χ4n) is 2.49. The second kappa shape index (κ2) is 5.53. The lowest BCUT2D eigenvalue weighted by molar-refractivity contribution is 0.262. The molecule has 2 saturated carbocycles. The van der Waals surface area contributed by atoms with Gasteiger partial charge in [0, 0.05) is 13.1 Å². The number of aromatic nitrogens is 2. The zero-order valence-corrected chi connectivity index (χ0v) is 11.8. The van der Waals surface area contributed by atoms with Gasteiger partial charge in [-0.1, -0.05) is 30.9 Å². The number of hydrogen-bond donors (Lipinski definition) is 1. The fraction of sp³-hybridized carbons (Fsp3) is 0.714. The van der Waals surface area contributed by atoms with Crippen LogP contribution in [0.2, 0.25) is 5.02 Å². The predicted octanol–water partition coefficient (Wildman–Crippen LogP) is 2.91. The number of nitrogens with one attached hydrogen (secondary N) is 1. The summed E-state index contributed by atoms with van der Waals surface area (Å²) in [4.78, 5) is 12.3. The number of anilines is 1. The van der Waals surface area contributed by atoms with E-state index in [4.69, 9.17) is 11.6 Å². The largest absolute Gasteiger partial charge is 0.379 e. The van der Waals surface area contributed by atoms with Crippen LogP contribution in [0.1, 0.15) is 38.5 Å². The maximum absolute atomic E-state index is 12.3. The van der Waals surface area contributed by atoms with Crippen LogP contribution in [0.3, 0.4) is 0 Å². The third-order valence-electron chi connectivity index (χ3n) is 4.20. The molecule has 1 aromatic rings. The molecule has 0 unspecified atom stereocenters. The predicted molar refractivity (Wildman–Crippen MR) is 76.7 cm³/mol. The van der Waals surface area contributed by atoms with Crippen molar-refractivity contribution in [2.75, 3.05) is 11.9 Å². The summed E-state index contributed by atoms with van der Waals surface area (Å²) in [6.45, 7) is 1.56. The third-order valence-corrected chi connectivity index (χ3v) is 4.49. The van der Waals surface area contributed by atoms with Gasteiger partial charge in [0.1, 0.15) is 5.69 Å². The maximum atomic E-state index is 12.3. The van der Waals surface area contributed by atoms with E-state index in [9.17, 15) is 4.79 Å². The monoisotopic (exact) mass is 281 g/mol. The van der Waals surface area contributed by atoms with Crippen molar-refractivity contribution in [3.63, 3.8) is 0 Å². The second-order valence-corrected chi connectivity index (χ2v) is 6.22. The number of nitrogens with zero attached hydrogens (tertiary/aromatic N) is 2. The van der Waals surface area contributed by atoms with E-state index < -0.39 is 0 Å². The molecule has 2 fully saturated rings. The quantitative estimate of drug-likeness (QED) is 0.872. The summed E-state index contributed by atoms with van der Waals surface area (Å²) < 4.78 is 1.56. The third kappa shape index (κ3) is 3.11. The zero-order chi connectivity index (χ0) is 13.2. The van der Waals surface area contributed by atoms with Crippen molar-refractivity contribution in [2.45, 2.75) is 45.1 Å². The minimum absolute atomic E-state index is 0.0739. The molecular weight excluding hydrogens is 262 g/mol. The van der Waals surface area contributed by atoms with Gasteiger partial charge in [0.2, 0.25) is 0 Å². The summed E-state index contributed by atoms with van der Waals surface area (Å²) in [5.41, 5.74) is 0.451. The smallest absolute Gasteiger partial charge is 0.291 e. The van der Waals surface area contributed by atoms with Crippen LogP contribution < -0.4 is 10.9 Å². The highest BCUT2D eigenvalue weighted by Gasteiger charge is 2.22. The minimum atomic E-state index is -0.0739. The Bertz CT molecular complexity index is 506. The van der Waals surface area contributed by atoms with Gasteiger partial charge in [-0.15, -0.1) is 0 Å². The van der Waals surface area contributed by atoms with Crippen molar-refractivity contribution in [1.82, 2.24) is 9.78 Å². The maximum Gasteiger partial charge on any atom is 0.291 e. The number of rotatable bonds is 6. The van der Waals surface area contributed by atoms with Crippen LogP contribution >= 0.6 is 11.6 Å². The first-order valence-corrected chi connectivity index (χ1v) is 7.61. The van der Waals surface area contributed by atoms with Gasteiger partial charge in [0.05, 0.1) is 11.2 Å². The van der Waals surface area contributed by atoms with Crippen molar-refractivity contribution < 1.29 is 0 Å². The van der Waals surface area contributed by atoms with E-state index >= 15 is 0 Å².